The van der Waals surface area contributed by atoms with Crippen LogP contribution in [0.2, 0.25) is 0 Å². The Morgan fingerprint density at radius 3 is 2.48 bits per heavy atom. The second kappa shape index (κ2) is 12.2. The molecule has 4 unspecified atom stereocenters. The second-order valence-corrected chi connectivity index (χ2v) is 6.50. The molecule has 0 aromatic heterocycles. The average Bonchev–Trinajstić information content (AvgIpc) is 2.67. The monoisotopic (exact) mass is 378 g/mol. The van der Waals surface area contributed by atoms with Gasteiger partial charge in [-0.15, -0.1) is 6.58 Å². The number of ether oxygens (including phenoxy) is 1. The molecule has 0 aliphatic carbocycles. The van der Waals surface area contributed by atoms with Crippen molar-refractivity contribution in [1.82, 2.24) is 10.6 Å². The quantitative estimate of drug-likeness (QED) is 0.405. The van der Waals surface area contributed by atoms with Crippen LogP contribution in [0.5, 0.6) is 0 Å². The third kappa shape index (κ3) is 7.90. The molecule has 150 valence electrons. The molecule has 0 fully saturated rings. The van der Waals surface area contributed by atoms with Crippen LogP contribution < -0.4 is 10.6 Å². The van der Waals surface area contributed by atoms with Crippen molar-refractivity contribution in [2.24, 2.45) is 5.92 Å². The number of carbonyl (C=O) groups is 2. The molecule has 0 heterocycles. The van der Waals surface area contributed by atoms with Crippen molar-refractivity contribution in [1.29, 1.82) is 0 Å². The number of hydrogen-bond donors (Lipinski definition) is 4. The third-order valence-electron chi connectivity index (χ3n) is 4.13. The zero-order valence-electron chi connectivity index (χ0n) is 15.9. The summed E-state index contributed by atoms with van der Waals surface area (Å²) in [5.74, 6) is -1.32. The molecular weight excluding hydrogens is 348 g/mol. The smallest absolute Gasteiger partial charge is 0.224 e. The fourth-order valence-corrected chi connectivity index (χ4v) is 2.66. The fraction of sp³-hybridized carbons (Fsp3) is 0.500. The molecule has 1 rings (SSSR count). The van der Waals surface area contributed by atoms with E-state index in [0.29, 0.717) is 12.0 Å². The van der Waals surface area contributed by atoms with Crippen molar-refractivity contribution >= 4 is 11.8 Å². The van der Waals surface area contributed by atoms with E-state index in [-0.39, 0.29) is 37.5 Å². The Labute approximate surface area is 160 Å². The lowest BCUT2D eigenvalue weighted by Crippen LogP contribution is -2.46. The number of methoxy groups -OCH3 is 1. The van der Waals surface area contributed by atoms with Crippen LogP contribution in [0.3, 0.4) is 0 Å². The average molecular weight is 378 g/mol. The van der Waals surface area contributed by atoms with Crippen molar-refractivity contribution in [3.8, 4) is 0 Å². The van der Waals surface area contributed by atoms with Gasteiger partial charge in [0.15, 0.2) is 0 Å². The van der Waals surface area contributed by atoms with E-state index in [4.69, 9.17) is 9.84 Å². The molecule has 1 aromatic carbocycles. The van der Waals surface area contributed by atoms with Crippen molar-refractivity contribution in [2.75, 3.05) is 20.3 Å². The zero-order chi connectivity index (χ0) is 20.2. The standard InChI is InChI=1S/C20H30N2O5/c1-4-8-16(11-18(24)21-14(2)12-23)20(26)22-17(13-27-3)19(25)15-9-6-5-7-10-15/h4-7,9-10,14,16-17,19,23,25H,1,8,11-13H2,2-3H3,(H,21,24)(H,22,26). The highest BCUT2D eigenvalue weighted by atomic mass is 16.5. The number of aliphatic hydroxyl groups excluding tert-OH is 2. The van der Waals surface area contributed by atoms with Gasteiger partial charge in [0.05, 0.1) is 25.2 Å². The lowest BCUT2D eigenvalue weighted by molar-refractivity contribution is -0.132. The van der Waals surface area contributed by atoms with Gasteiger partial charge in [-0.1, -0.05) is 36.4 Å². The van der Waals surface area contributed by atoms with Gasteiger partial charge in [-0.2, -0.15) is 0 Å². The lowest BCUT2D eigenvalue weighted by Gasteiger charge is -2.26. The maximum Gasteiger partial charge on any atom is 0.224 e. The van der Waals surface area contributed by atoms with Gasteiger partial charge >= 0.3 is 0 Å². The first kappa shape index (κ1) is 22.8. The number of benzene rings is 1. The molecule has 0 aliphatic rings. The number of aliphatic hydroxyl groups is 2. The molecule has 4 N–H and O–H groups in total. The normalized spacial score (nSPS) is 15.3. The van der Waals surface area contributed by atoms with Gasteiger partial charge in [0, 0.05) is 19.6 Å². The van der Waals surface area contributed by atoms with E-state index in [1.54, 1.807) is 37.3 Å². The van der Waals surface area contributed by atoms with Crippen molar-refractivity contribution < 1.29 is 24.5 Å². The van der Waals surface area contributed by atoms with Crippen LogP contribution in [-0.2, 0) is 14.3 Å². The third-order valence-corrected chi connectivity index (χ3v) is 4.13. The van der Waals surface area contributed by atoms with Crippen molar-refractivity contribution in [3.05, 3.63) is 48.6 Å². The molecule has 0 radical (unpaired) electrons. The van der Waals surface area contributed by atoms with Crippen LogP contribution in [0, 0.1) is 5.92 Å². The molecule has 0 bridgehead atoms. The summed E-state index contributed by atoms with van der Waals surface area (Å²) in [6.45, 7) is 5.26. The first-order valence-electron chi connectivity index (χ1n) is 8.96. The summed E-state index contributed by atoms with van der Waals surface area (Å²) < 4.78 is 5.13. The van der Waals surface area contributed by atoms with E-state index in [1.165, 1.54) is 7.11 Å². The molecule has 7 nitrogen and oxygen atoms in total. The number of carbonyl (C=O) groups excluding carboxylic acids is 2. The first-order valence-corrected chi connectivity index (χ1v) is 8.96. The summed E-state index contributed by atoms with van der Waals surface area (Å²) in [6, 6.07) is 7.94. The summed E-state index contributed by atoms with van der Waals surface area (Å²) in [5.41, 5.74) is 0.662. The van der Waals surface area contributed by atoms with Gasteiger partial charge in [0.25, 0.3) is 0 Å². The Hall–Kier alpha value is -2.22. The Morgan fingerprint density at radius 2 is 1.93 bits per heavy atom. The van der Waals surface area contributed by atoms with Crippen LogP contribution in [0.25, 0.3) is 0 Å². The van der Waals surface area contributed by atoms with Gasteiger partial charge in [-0.05, 0) is 18.9 Å². The van der Waals surface area contributed by atoms with E-state index in [2.05, 4.69) is 17.2 Å². The maximum absolute atomic E-state index is 12.7. The zero-order valence-corrected chi connectivity index (χ0v) is 15.9. The molecule has 7 heteroatoms. The van der Waals surface area contributed by atoms with Crippen LogP contribution >= 0.6 is 0 Å². The Bertz CT molecular complexity index is 593. The molecule has 0 saturated heterocycles. The molecule has 0 aliphatic heterocycles. The molecule has 4 atom stereocenters. The van der Waals surface area contributed by atoms with Gasteiger partial charge in [0.1, 0.15) is 6.10 Å². The highest BCUT2D eigenvalue weighted by molar-refractivity contribution is 5.86. The summed E-state index contributed by atoms with van der Waals surface area (Å²) >= 11 is 0. The molecular formula is C20H30N2O5. The second-order valence-electron chi connectivity index (χ2n) is 6.50. The van der Waals surface area contributed by atoms with Crippen LogP contribution in [0.4, 0.5) is 0 Å². The van der Waals surface area contributed by atoms with E-state index >= 15 is 0 Å². The number of nitrogens with one attached hydrogen (secondary N) is 2. The Balaban J connectivity index is 2.80. The Morgan fingerprint density at radius 1 is 1.26 bits per heavy atom. The van der Waals surface area contributed by atoms with Gasteiger partial charge in [-0.3, -0.25) is 9.59 Å². The summed E-state index contributed by atoms with van der Waals surface area (Å²) in [6.07, 6.45) is 0.908. The highest BCUT2D eigenvalue weighted by Crippen LogP contribution is 2.18. The summed E-state index contributed by atoms with van der Waals surface area (Å²) in [5, 5.41) is 25.0. The number of amides is 2. The number of allylic oxidation sites excluding steroid dienone is 1. The minimum atomic E-state index is -0.942. The van der Waals surface area contributed by atoms with E-state index in [1.807, 2.05) is 6.07 Å². The fourth-order valence-electron chi connectivity index (χ4n) is 2.66. The Kier molecular flexibility index (Phi) is 10.3. The minimum absolute atomic E-state index is 0.0384. The van der Waals surface area contributed by atoms with Crippen molar-refractivity contribution in [2.45, 2.75) is 38.0 Å². The molecule has 1 aromatic rings. The predicted octanol–water partition coefficient (Wildman–Crippen LogP) is 0.931. The lowest BCUT2D eigenvalue weighted by atomic mass is 9.97. The summed E-state index contributed by atoms with van der Waals surface area (Å²) in [7, 11) is 1.49. The molecule has 0 saturated carbocycles. The van der Waals surface area contributed by atoms with Gasteiger partial charge in [-0.25, -0.2) is 0 Å². The van der Waals surface area contributed by atoms with E-state index < -0.39 is 18.1 Å². The SMILES string of the molecule is C=CCC(CC(=O)NC(C)CO)C(=O)NC(COC)C(O)c1ccccc1. The van der Waals surface area contributed by atoms with E-state index in [9.17, 15) is 14.7 Å². The first-order chi connectivity index (χ1) is 12.9. The topological polar surface area (TPSA) is 108 Å². The van der Waals surface area contributed by atoms with Gasteiger partial charge in [0.2, 0.25) is 11.8 Å². The molecule has 2 amide bonds. The minimum Gasteiger partial charge on any atom is -0.394 e. The number of hydrogen-bond acceptors (Lipinski definition) is 5. The van der Waals surface area contributed by atoms with E-state index in [0.717, 1.165) is 0 Å². The predicted molar refractivity (Wildman–Crippen MR) is 103 cm³/mol. The van der Waals surface area contributed by atoms with Crippen LogP contribution in [0.15, 0.2) is 43.0 Å². The number of rotatable bonds is 12. The highest BCUT2D eigenvalue weighted by Gasteiger charge is 2.27. The van der Waals surface area contributed by atoms with Crippen molar-refractivity contribution in [3.63, 3.8) is 0 Å². The summed E-state index contributed by atoms with van der Waals surface area (Å²) in [4.78, 5) is 24.7. The van der Waals surface area contributed by atoms with Gasteiger partial charge < -0.3 is 25.6 Å². The molecule has 0 spiro atoms. The van der Waals surface area contributed by atoms with Crippen LogP contribution in [0.1, 0.15) is 31.4 Å². The largest absolute Gasteiger partial charge is 0.394 e. The molecule has 27 heavy (non-hydrogen) atoms. The maximum atomic E-state index is 12.7. The van der Waals surface area contributed by atoms with Crippen LogP contribution in [-0.4, -0.2) is 54.4 Å².